The minimum Gasteiger partial charge on any atom is -0.352 e. The Labute approximate surface area is 76.3 Å². The predicted molar refractivity (Wildman–Crippen MR) is 47.1 cm³/mol. The van der Waals surface area contributed by atoms with Crippen molar-refractivity contribution in [2.24, 2.45) is 5.73 Å². The van der Waals surface area contributed by atoms with Gasteiger partial charge in [0, 0.05) is 13.1 Å². The average Bonchev–Trinajstić information content (AvgIpc) is 2.50. The molecule has 1 aromatic rings. The number of rotatable bonds is 2. The van der Waals surface area contributed by atoms with E-state index in [9.17, 15) is 4.79 Å². The zero-order valence-corrected chi connectivity index (χ0v) is 7.92. The Kier molecular flexibility index (Phi) is 2.38. The Hall–Kier alpha value is -1.36. The highest BCUT2D eigenvalue weighted by Crippen LogP contribution is 2.16. The summed E-state index contributed by atoms with van der Waals surface area (Å²) in [6, 6.07) is 1.54. The normalized spacial score (nSPS) is 11.4. The summed E-state index contributed by atoms with van der Waals surface area (Å²) in [7, 11) is 1.53. The molecule has 13 heavy (non-hydrogen) atoms. The van der Waals surface area contributed by atoms with Crippen LogP contribution in [0.15, 0.2) is 10.6 Å². The molecule has 5 nitrogen and oxygen atoms in total. The highest BCUT2D eigenvalue weighted by atomic mass is 16.5. The molecule has 0 aromatic carbocycles. The van der Waals surface area contributed by atoms with Gasteiger partial charge in [-0.2, -0.15) is 0 Å². The quantitative estimate of drug-likeness (QED) is 0.687. The van der Waals surface area contributed by atoms with E-state index in [4.69, 9.17) is 10.3 Å². The molecular formula is C8H13N3O2. The van der Waals surface area contributed by atoms with Crippen LogP contribution in [-0.2, 0) is 5.54 Å². The second kappa shape index (κ2) is 3.18. The van der Waals surface area contributed by atoms with Crippen LogP contribution in [0.1, 0.15) is 30.1 Å². The van der Waals surface area contributed by atoms with Gasteiger partial charge in [0.2, 0.25) is 5.76 Å². The van der Waals surface area contributed by atoms with Crippen molar-refractivity contribution in [3.8, 4) is 0 Å². The number of aromatic nitrogens is 1. The number of nitrogens with zero attached hydrogens (tertiary/aromatic N) is 1. The minimum absolute atomic E-state index is 0.177. The summed E-state index contributed by atoms with van der Waals surface area (Å²) in [6.45, 7) is 3.58. The molecule has 0 bridgehead atoms. The third-order valence-corrected chi connectivity index (χ3v) is 1.62. The topological polar surface area (TPSA) is 81.2 Å². The van der Waals surface area contributed by atoms with Crippen molar-refractivity contribution < 1.29 is 9.32 Å². The van der Waals surface area contributed by atoms with Crippen molar-refractivity contribution in [1.82, 2.24) is 10.5 Å². The van der Waals surface area contributed by atoms with E-state index in [1.807, 2.05) is 0 Å². The van der Waals surface area contributed by atoms with E-state index in [2.05, 4.69) is 10.5 Å². The first-order valence-corrected chi connectivity index (χ1v) is 3.93. The van der Waals surface area contributed by atoms with Crippen LogP contribution in [0.4, 0.5) is 0 Å². The summed E-state index contributed by atoms with van der Waals surface area (Å²) in [4.78, 5) is 11.1. The number of nitrogens with two attached hydrogens (primary N) is 1. The number of hydrogen-bond acceptors (Lipinski definition) is 4. The molecule has 0 fully saturated rings. The van der Waals surface area contributed by atoms with Gasteiger partial charge in [0.25, 0.3) is 5.91 Å². The van der Waals surface area contributed by atoms with E-state index >= 15 is 0 Å². The molecule has 0 saturated carbocycles. The molecule has 0 atom stereocenters. The van der Waals surface area contributed by atoms with E-state index < -0.39 is 5.54 Å². The average molecular weight is 183 g/mol. The van der Waals surface area contributed by atoms with Crippen molar-refractivity contribution in [3.05, 3.63) is 17.5 Å². The molecule has 1 rings (SSSR count). The molecule has 1 aromatic heterocycles. The fraction of sp³-hybridized carbons (Fsp3) is 0.500. The smallest absolute Gasteiger partial charge is 0.289 e. The lowest BCUT2D eigenvalue weighted by Gasteiger charge is -2.12. The van der Waals surface area contributed by atoms with Crippen molar-refractivity contribution in [3.63, 3.8) is 0 Å². The van der Waals surface area contributed by atoms with Gasteiger partial charge in [0.05, 0.1) is 5.54 Å². The van der Waals surface area contributed by atoms with Crippen LogP contribution in [0.5, 0.6) is 0 Å². The van der Waals surface area contributed by atoms with Crippen molar-refractivity contribution in [2.45, 2.75) is 19.4 Å². The summed E-state index contributed by atoms with van der Waals surface area (Å²) in [5, 5.41) is 6.13. The van der Waals surface area contributed by atoms with Gasteiger partial charge < -0.3 is 15.6 Å². The predicted octanol–water partition coefficient (Wildman–Crippen LogP) is 0.228. The lowest BCUT2D eigenvalue weighted by atomic mass is 10.0. The van der Waals surface area contributed by atoms with Crippen molar-refractivity contribution in [1.29, 1.82) is 0 Å². The van der Waals surface area contributed by atoms with Crippen LogP contribution >= 0.6 is 0 Å². The summed E-state index contributed by atoms with van der Waals surface area (Å²) in [5.41, 5.74) is 5.73. The standard InChI is InChI=1S/C8H13N3O2/c1-8(2,9)6-4-5(13-11-6)7(12)10-3/h4H,9H2,1-3H3,(H,10,12). The Morgan fingerprint density at radius 2 is 2.31 bits per heavy atom. The summed E-state index contributed by atoms with van der Waals surface area (Å²) < 4.78 is 4.80. The maximum atomic E-state index is 11.1. The zero-order valence-electron chi connectivity index (χ0n) is 7.92. The first kappa shape index (κ1) is 9.73. The summed E-state index contributed by atoms with van der Waals surface area (Å²) in [6.07, 6.45) is 0. The van der Waals surface area contributed by atoms with Gasteiger partial charge in [-0.05, 0) is 13.8 Å². The molecule has 0 radical (unpaired) electrons. The Bertz CT molecular complexity index is 311. The Morgan fingerprint density at radius 3 is 2.69 bits per heavy atom. The van der Waals surface area contributed by atoms with E-state index in [1.54, 1.807) is 19.9 Å². The van der Waals surface area contributed by atoms with Crippen LogP contribution in [0.3, 0.4) is 0 Å². The Balaban J connectivity index is 2.93. The van der Waals surface area contributed by atoms with Gasteiger partial charge >= 0.3 is 0 Å². The van der Waals surface area contributed by atoms with Crippen LogP contribution in [0.25, 0.3) is 0 Å². The zero-order chi connectivity index (χ0) is 10.1. The van der Waals surface area contributed by atoms with Gasteiger partial charge in [-0.3, -0.25) is 4.79 Å². The monoisotopic (exact) mass is 183 g/mol. The van der Waals surface area contributed by atoms with E-state index in [1.165, 1.54) is 7.05 Å². The number of amides is 1. The molecule has 0 spiro atoms. The number of hydrogen-bond donors (Lipinski definition) is 2. The molecule has 0 unspecified atom stereocenters. The maximum absolute atomic E-state index is 11.1. The number of carbonyl (C=O) groups excluding carboxylic acids is 1. The molecule has 0 aliphatic heterocycles. The molecule has 5 heteroatoms. The van der Waals surface area contributed by atoms with Crippen molar-refractivity contribution in [2.75, 3.05) is 7.05 Å². The molecule has 0 saturated heterocycles. The van der Waals surface area contributed by atoms with Crippen LogP contribution in [0.2, 0.25) is 0 Å². The lowest BCUT2D eigenvalue weighted by Crippen LogP contribution is -2.29. The second-order valence-corrected chi connectivity index (χ2v) is 3.38. The highest BCUT2D eigenvalue weighted by Gasteiger charge is 2.21. The fourth-order valence-electron chi connectivity index (χ4n) is 0.809. The first-order chi connectivity index (χ1) is 5.95. The van der Waals surface area contributed by atoms with E-state index in [0.717, 1.165) is 0 Å². The SMILES string of the molecule is CNC(=O)c1cc(C(C)(C)N)no1. The molecule has 0 aliphatic carbocycles. The fourth-order valence-corrected chi connectivity index (χ4v) is 0.809. The lowest BCUT2D eigenvalue weighted by molar-refractivity contribution is 0.0926. The summed E-state index contributed by atoms with van der Waals surface area (Å²) >= 11 is 0. The van der Waals surface area contributed by atoms with Gasteiger partial charge in [-0.15, -0.1) is 0 Å². The van der Waals surface area contributed by atoms with Gasteiger partial charge in [-0.25, -0.2) is 0 Å². The molecular weight excluding hydrogens is 170 g/mol. The first-order valence-electron chi connectivity index (χ1n) is 3.93. The highest BCUT2D eigenvalue weighted by molar-refractivity contribution is 5.91. The van der Waals surface area contributed by atoms with E-state index in [0.29, 0.717) is 5.69 Å². The van der Waals surface area contributed by atoms with Crippen LogP contribution in [0, 0.1) is 0 Å². The van der Waals surface area contributed by atoms with E-state index in [-0.39, 0.29) is 11.7 Å². The summed E-state index contributed by atoms with van der Waals surface area (Å²) in [5.74, 6) is -0.126. The second-order valence-electron chi connectivity index (χ2n) is 3.38. The maximum Gasteiger partial charge on any atom is 0.289 e. The minimum atomic E-state index is -0.588. The molecule has 3 N–H and O–H groups in total. The third kappa shape index (κ3) is 2.06. The third-order valence-electron chi connectivity index (χ3n) is 1.62. The number of nitrogens with one attached hydrogen (secondary N) is 1. The van der Waals surface area contributed by atoms with Crippen molar-refractivity contribution >= 4 is 5.91 Å². The molecule has 1 heterocycles. The van der Waals surface area contributed by atoms with Crippen LogP contribution in [-0.4, -0.2) is 18.1 Å². The van der Waals surface area contributed by atoms with Crippen LogP contribution < -0.4 is 11.1 Å². The molecule has 72 valence electrons. The number of carbonyl (C=O) groups is 1. The van der Waals surface area contributed by atoms with Gasteiger partial charge in [-0.1, -0.05) is 5.16 Å². The molecule has 1 amide bonds. The largest absolute Gasteiger partial charge is 0.352 e. The van der Waals surface area contributed by atoms with Gasteiger partial charge in [0.15, 0.2) is 0 Å². The van der Waals surface area contributed by atoms with Gasteiger partial charge in [0.1, 0.15) is 5.69 Å². The Morgan fingerprint density at radius 1 is 1.69 bits per heavy atom. The molecule has 0 aliphatic rings.